The minimum atomic E-state index is -0.919. The summed E-state index contributed by atoms with van der Waals surface area (Å²) >= 11 is 0. The molecule has 1 heterocycles. The van der Waals surface area contributed by atoms with Gasteiger partial charge in [0.15, 0.2) is 0 Å². The van der Waals surface area contributed by atoms with Crippen molar-refractivity contribution in [2.75, 3.05) is 27.2 Å². The Labute approximate surface area is 149 Å². The molecule has 1 amide bonds. The molecule has 6 nitrogen and oxygen atoms in total. The molecule has 1 aliphatic heterocycles. The average Bonchev–Trinajstić information content (AvgIpc) is 2.87. The van der Waals surface area contributed by atoms with E-state index in [1.165, 1.54) is 0 Å². The van der Waals surface area contributed by atoms with Crippen molar-refractivity contribution in [1.82, 2.24) is 9.80 Å². The summed E-state index contributed by atoms with van der Waals surface area (Å²) in [7, 11) is 3.31. The van der Waals surface area contributed by atoms with Gasteiger partial charge in [-0.2, -0.15) is 0 Å². The van der Waals surface area contributed by atoms with Gasteiger partial charge in [0, 0.05) is 6.54 Å². The molecular formula is C19H28N2O4. The Bertz CT molecular complexity index is 588. The van der Waals surface area contributed by atoms with Crippen molar-refractivity contribution in [2.45, 2.75) is 44.7 Å². The van der Waals surface area contributed by atoms with Gasteiger partial charge >= 0.3 is 5.97 Å². The zero-order chi connectivity index (χ0) is 18.4. The third-order valence-corrected chi connectivity index (χ3v) is 4.98. The average molecular weight is 348 g/mol. The largest absolute Gasteiger partial charge is 0.497 e. The van der Waals surface area contributed by atoms with Crippen molar-refractivity contribution >= 4 is 11.9 Å². The molecule has 0 bridgehead atoms. The van der Waals surface area contributed by atoms with Gasteiger partial charge in [-0.25, -0.2) is 0 Å². The molecule has 1 aliphatic rings. The third-order valence-electron chi connectivity index (χ3n) is 4.98. The maximum Gasteiger partial charge on any atom is 0.320 e. The highest BCUT2D eigenvalue weighted by atomic mass is 16.5. The lowest BCUT2D eigenvalue weighted by atomic mass is 10.0. The molecule has 0 aliphatic carbocycles. The minimum Gasteiger partial charge on any atom is -0.497 e. The quantitative estimate of drug-likeness (QED) is 0.855. The number of amides is 1. The van der Waals surface area contributed by atoms with Crippen molar-refractivity contribution in [3.05, 3.63) is 29.8 Å². The zero-order valence-corrected chi connectivity index (χ0v) is 15.3. The van der Waals surface area contributed by atoms with Crippen LogP contribution in [0, 0.1) is 0 Å². The highest BCUT2D eigenvalue weighted by Crippen LogP contribution is 2.31. The van der Waals surface area contributed by atoms with E-state index in [0.29, 0.717) is 6.54 Å². The van der Waals surface area contributed by atoms with Crippen molar-refractivity contribution in [3.63, 3.8) is 0 Å². The number of carboxylic acid groups (broad SMARTS) is 1. The first-order valence-corrected chi connectivity index (χ1v) is 8.80. The molecule has 1 aromatic rings. The summed E-state index contributed by atoms with van der Waals surface area (Å²) in [6, 6.07) is 7.21. The van der Waals surface area contributed by atoms with E-state index in [1.807, 2.05) is 29.2 Å². The van der Waals surface area contributed by atoms with Crippen LogP contribution in [0.25, 0.3) is 0 Å². The molecule has 0 spiro atoms. The Morgan fingerprint density at radius 1 is 1.28 bits per heavy atom. The van der Waals surface area contributed by atoms with Gasteiger partial charge in [-0.3, -0.25) is 14.5 Å². The summed E-state index contributed by atoms with van der Waals surface area (Å²) < 4.78 is 5.21. The number of hydrogen-bond acceptors (Lipinski definition) is 4. The Hall–Kier alpha value is -2.08. The summed E-state index contributed by atoms with van der Waals surface area (Å²) in [5, 5.41) is 9.12. The van der Waals surface area contributed by atoms with Crippen LogP contribution in [0.15, 0.2) is 24.3 Å². The number of carboxylic acids is 1. The summed E-state index contributed by atoms with van der Waals surface area (Å²) in [5.41, 5.74) is 1.10. The highest BCUT2D eigenvalue weighted by molar-refractivity contribution is 5.80. The van der Waals surface area contributed by atoms with Crippen LogP contribution in [0.3, 0.4) is 0 Å². The van der Waals surface area contributed by atoms with E-state index >= 15 is 0 Å². The number of carbonyl (C=O) groups is 2. The second kappa shape index (κ2) is 8.85. The predicted molar refractivity (Wildman–Crippen MR) is 95.6 cm³/mol. The van der Waals surface area contributed by atoms with Crippen LogP contribution in [0.5, 0.6) is 5.75 Å². The van der Waals surface area contributed by atoms with E-state index in [9.17, 15) is 9.59 Å². The number of ether oxygens (including phenoxy) is 1. The number of methoxy groups -OCH3 is 1. The molecule has 1 aromatic carbocycles. The standard InChI is InChI=1S/C19H28N2O4/c1-14(19(23)24)20(2)13-18(22)21-12-6-4-5-7-17(21)15-8-10-16(25-3)11-9-15/h8-11,14,17H,4-7,12-13H2,1-3H3,(H,23,24). The van der Waals surface area contributed by atoms with Gasteiger partial charge in [0.25, 0.3) is 0 Å². The van der Waals surface area contributed by atoms with E-state index in [4.69, 9.17) is 9.84 Å². The lowest BCUT2D eigenvalue weighted by Gasteiger charge is -2.32. The first-order valence-electron chi connectivity index (χ1n) is 8.80. The molecular weight excluding hydrogens is 320 g/mol. The molecule has 1 N–H and O–H groups in total. The van der Waals surface area contributed by atoms with E-state index < -0.39 is 12.0 Å². The summed E-state index contributed by atoms with van der Waals surface area (Å²) in [6.07, 6.45) is 4.10. The predicted octanol–water partition coefficient (Wildman–Crippen LogP) is 2.54. The van der Waals surface area contributed by atoms with E-state index in [2.05, 4.69) is 0 Å². The number of aliphatic carboxylic acids is 1. The Kier molecular flexibility index (Phi) is 6.82. The van der Waals surface area contributed by atoms with Crippen molar-refractivity contribution < 1.29 is 19.4 Å². The normalized spacial score (nSPS) is 19.4. The summed E-state index contributed by atoms with van der Waals surface area (Å²) in [6.45, 7) is 2.42. The molecule has 1 fully saturated rings. The molecule has 2 unspecified atom stereocenters. The Morgan fingerprint density at radius 2 is 1.96 bits per heavy atom. The smallest absolute Gasteiger partial charge is 0.320 e. The van der Waals surface area contributed by atoms with Crippen LogP contribution in [0.4, 0.5) is 0 Å². The molecule has 25 heavy (non-hydrogen) atoms. The SMILES string of the molecule is COc1ccc(C2CCCCCN2C(=O)CN(C)C(C)C(=O)O)cc1. The van der Waals surface area contributed by atoms with Crippen LogP contribution < -0.4 is 4.74 Å². The van der Waals surface area contributed by atoms with Crippen LogP contribution >= 0.6 is 0 Å². The Balaban J connectivity index is 2.15. The van der Waals surface area contributed by atoms with Gasteiger partial charge in [0.2, 0.25) is 5.91 Å². The number of likely N-dealkylation sites (tertiary alicyclic amines) is 1. The molecule has 6 heteroatoms. The first kappa shape index (κ1) is 19.2. The van der Waals surface area contributed by atoms with Crippen LogP contribution in [0.1, 0.15) is 44.2 Å². The monoisotopic (exact) mass is 348 g/mol. The van der Waals surface area contributed by atoms with Crippen LogP contribution in [-0.4, -0.2) is 60.1 Å². The number of rotatable bonds is 6. The van der Waals surface area contributed by atoms with E-state index in [0.717, 1.165) is 37.0 Å². The molecule has 138 valence electrons. The van der Waals surface area contributed by atoms with Crippen molar-refractivity contribution in [1.29, 1.82) is 0 Å². The fourth-order valence-electron chi connectivity index (χ4n) is 3.21. The van der Waals surface area contributed by atoms with Gasteiger partial charge in [0.05, 0.1) is 19.7 Å². The maximum absolute atomic E-state index is 12.9. The number of carbonyl (C=O) groups excluding carboxylic acids is 1. The summed E-state index contributed by atoms with van der Waals surface area (Å²) in [4.78, 5) is 27.5. The maximum atomic E-state index is 12.9. The molecule has 0 radical (unpaired) electrons. The Morgan fingerprint density at radius 3 is 2.56 bits per heavy atom. The van der Waals surface area contributed by atoms with Crippen molar-refractivity contribution in [2.24, 2.45) is 0 Å². The lowest BCUT2D eigenvalue weighted by molar-refractivity contribution is -0.143. The van der Waals surface area contributed by atoms with Gasteiger partial charge in [0.1, 0.15) is 11.8 Å². The molecule has 0 aromatic heterocycles. The second-order valence-corrected chi connectivity index (χ2v) is 6.65. The minimum absolute atomic E-state index is 0.0154. The molecule has 2 atom stereocenters. The van der Waals surface area contributed by atoms with Crippen molar-refractivity contribution in [3.8, 4) is 5.75 Å². The zero-order valence-electron chi connectivity index (χ0n) is 15.3. The molecule has 1 saturated heterocycles. The van der Waals surface area contributed by atoms with E-state index in [-0.39, 0.29) is 18.5 Å². The topological polar surface area (TPSA) is 70.1 Å². The fourth-order valence-corrected chi connectivity index (χ4v) is 3.21. The van der Waals surface area contributed by atoms with E-state index in [1.54, 1.807) is 26.0 Å². The molecule has 0 saturated carbocycles. The highest BCUT2D eigenvalue weighted by Gasteiger charge is 2.29. The van der Waals surface area contributed by atoms with Gasteiger partial charge in [-0.1, -0.05) is 25.0 Å². The molecule has 2 rings (SSSR count). The fraction of sp³-hybridized carbons (Fsp3) is 0.579. The first-order chi connectivity index (χ1) is 11.9. The third kappa shape index (κ3) is 4.95. The lowest BCUT2D eigenvalue weighted by Crippen LogP contribution is -2.45. The van der Waals surface area contributed by atoms with Crippen LogP contribution in [-0.2, 0) is 9.59 Å². The number of hydrogen-bond donors (Lipinski definition) is 1. The number of benzene rings is 1. The van der Waals surface area contributed by atoms with Gasteiger partial charge < -0.3 is 14.7 Å². The number of nitrogens with zero attached hydrogens (tertiary/aromatic N) is 2. The number of likely N-dealkylation sites (N-methyl/N-ethyl adjacent to an activating group) is 1. The van der Waals surface area contributed by atoms with Gasteiger partial charge in [-0.15, -0.1) is 0 Å². The second-order valence-electron chi connectivity index (χ2n) is 6.65. The van der Waals surface area contributed by atoms with Gasteiger partial charge in [-0.05, 0) is 44.5 Å². The van der Waals surface area contributed by atoms with Crippen LogP contribution in [0.2, 0.25) is 0 Å². The summed E-state index contributed by atoms with van der Waals surface area (Å²) in [5.74, 6) is -0.138.